The Balaban J connectivity index is 1.81. The molecule has 3 rings (SSSR count). The number of rotatable bonds is 7. The van der Waals surface area contributed by atoms with Crippen LogP contribution in [0.15, 0.2) is 65.5 Å². The van der Waals surface area contributed by atoms with Gasteiger partial charge in [-0.1, -0.05) is 49.4 Å². The van der Waals surface area contributed by atoms with Crippen LogP contribution in [0.2, 0.25) is 0 Å². The second kappa shape index (κ2) is 10.2. The lowest BCUT2D eigenvalue weighted by Crippen LogP contribution is -2.45. The number of carbonyl (C=O) groups is 2. The average Bonchev–Trinajstić information content (AvgIpc) is 2.79. The molecule has 1 heterocycles. The predicted octanol–water partition coefficient (Wildman–Crippen LogP) is 2.91. The normalized spacial score (nSPS) is 11.4. The number of benzene rings is 2. The molecule has 1 aromatic heterocycles. The van der Waals surface area contributed by atoms with Gasteiger partial charge in [0.1, 0.15) is 11.9 Å². The number of anilines is 1. The summed E-state index contributed by atoms with van der Waals surface area (Å²) in [7, 11) is 1.24. The van der Waals surface area contributed by atoms with Gasteiger partial charge in [-0.25, -0.2) is 9.78 Å². The number of nitrogens with one attached hydrogen (secondary N) is 3. The number of hydrogen-bond donors (Lipinski definition) is 3. The lowest BCUT2D eigenvalue weighted by Gasteiger charge is -2.18. The predicted molar refractivity (Wildman–Crippen MR) is 118 cm³/mol. The number of aryl methyl sites for hydroxylation is 1. The summed E-state index contributed by atoms with van der Waals surface area (Å²) in [5, 5.41) is 5.39. The van der Waals surface area contributed by atoms with Gasteiger partial charge >= 0.3 is 6.09 Å². The molecule has 0 bridgehead atoms. The highest BCUT2D eigenvalue weighted by molar-refractivity contribution is 5.97. The summed E-state index contributed by atoms with van der Waals surface area (Å²) in [6, 6.07) is 17.0. The summed E-state index contributed by atoms with van der Waals surface area (Å²) in [6.45, 7) is 1.92. The Morgan fingerprint density at radius 2 is 1.87 bits per heavy atom. The zero-order valence-corrected chi connectivity index (χ0v) is 17.3. The molecule has 0 aliphatic rings. The highest BCUT2D eigenvalue weighted by Crippen LogP contribution is 2.19. The van der Waals surface area contributed by atoms with Gasteiger partial charge in [-0.15, -0.1) is 0 Å². The second-order valence-electron chi connectivity index (χ2n) is 6.89. The summed E-state index contributed by atoms with van der Waals surface area (Å²) in [6.07, 6.45) is 0.241. The van der Waals surface area contributed by atoms with Crippen LogP contribution in [0.25, 0.3) is 11.4 Å². The molecule has 0 fully saturated rings. The largest absolute Gasteiger partial charge is 0.453 e. The van der Waals surface area contributed by atoms with Gasteiger partial charge in [0.05, 0.1) is 7.11 Å². The van der Waals surface area contributed by atoms with Gasteiger partial charge in [-0.05, 0) is 24.1 Å². The third-order valence-corrected chi connectivity index (χ3v) is 4.64. The molecule has 0 saturated heterocycles. The number of H-pyrrole nitrogens is 1. The highest BCUT2D eigenvalue weighted by atomic mass is 16.5. The van der Waals surface area contributed by atoms with Gasteiger partial charge in [0.2, 0.25) is 5.91 Å². The van der Waals surface area contributed by atoms with E-state index in [2.05, 4.69) is 25.3 Å². The third-order valence-electron chi connectivity index (χ3n) is 4.64. The SMILES string of the molecule is CCc1cc(=O)[nH]c(-c2cccc(NC(=O)C(Cc3ccccc3)NC(=O)OC)c2)n1. The van der Waals surface area contributed by atoms with E-state index < -0.39 is 18.0 Å². The zero-order valence-electron chi connectivity index (χ0n) is 17.3. The molecule has 8 nitrogen and oxygen atoms in total. The van der Waals surface area contributed by atoms with Gasteiger partial charge < -0.3 is 20.4 Å². The molecule has 0 radical (unpaired) electrons. The molecule has 8 heteroatoms. The van der Waals surface area contributed by atoms with Crippen LogP contribution in [0.3, 0.4) is 0 Å². The van der Waals surface area contributed by atoms with Crippen molar-refractivity contribution in [2.45, 2.75) is 25.8 Å². The van der Waals surface area contributed by atoms with Gasteiger partial charge in [0, 0.05) is 29.4 Å². The minimum Gasteiger partial charge on any atom is -0.453 e. The maximum Gasteiger partial charge on any atom is 0.407 e. The van der Waals surface area contributed by atoms with Gasteiger partial charge in [-0.3, -0.25) is 9.59 Å². The number of carbonyl (C=O) groups excluding carboxylic acids is 2. The van der Waals surface area contributed by atoms with Crippen molar-refractivity contribution >= 4 is 17.7 Å². The molecular weight excluding hydrogens is 396 g/mol. The molecule has 1 atom stereocenters. The summed E-state index contributed by atoms with van der Waals surface area (Å²) >= 11 is 0. The van der Waals surface area contributed by atoms with E-state index in [-0.39, 0.29) is 5.56 Å². The molecule has 2 amide bonds. The Bertz CT molecular complexity index is 1110. The maximum atomic E-state index is 12.9. The van der Waals surface area contributed by atoms with Crippen molar-refractivity contribution in [1.29, 1.82) is 0 Å². The Labute approximate surface area is 179 Å². The maximum absolute atomic E-state index is 12.9. The van der Waals surface area contributed by atoms with Gasteiger partial charge in [0.25, 0.3) is 5.56 Å². The first-order valence-electron chi connectivity index (χ1n) is 9.88. The monoisotopic (exact) mass is 420 g/mol. The summed E-state index contributed by atoms with van der Waals surface area (Å²) in [5.41, 5.74) is 2.51. The fourth-order valence-corrected chi connectivity index (χ4v) is 3.06. The Hall–Kier alpha value is -3.94. The molecule has 0 aliphatic carbocycles. The number of hydrogen-bond acceptors (Lipinski definition) is 5. The van der Waals surface area contributed by atoms with Crippen molar-refractivity contribution in [1.82, 2.24) is 15.3 Å². The van der Waals surface area contributed by atoms with E-state index >= 15 is 0 Å². The second-order valence-corrected chi connectivity index (χ2v) is 6.89. The van der Waals surface area contributed by atoms with Crippen molar-refractivity contribution in [3.8, 4) is 11.4 Å². The van der Waals surface area contributed by atoms with Crippen LogP contribution in [0.4, 0.5) is 10.5 Å². The first-order chi connectivity index (χ1) is 15.0. The third kappa shape index (κ3) is 6.02. The summed E-state index contributed by atoms with van der Waals surface area (Å²) in [4.78, 5) is 43.7. The molecule has 0 saturated carbocycles. The number of nitrogens with zero attached hydrogens (tertiary/aromatic N) is 1. The van der Waals surface area contributed by atoms with Gasteiger partial charge in [-0.2, -0.15) is 0 Å². The van der Waals surface area contributed by atoms with Crippen molar-refractivity contribution in [3.05, 3.63) is 82.3 Å². The molecular formula is C23H24N4O4. The van der Waals surface area contributed by atoms with Crippen molar-refractivity contribution in [3.63, 3.8) is 0 Å². The Morgan fingerprint density at radius 1 is 1.10 bits per heavy atom. The van der Waals surface area contributed by atoms with Crippen LogP contribution in [-0.2, 0) is 22.4 Å². The zero-order chi connectivity index (χ0) is 22.2. The molecule has 0 aliphatic heterocycles. The van der Waals surface area contributed by atoms with E-state index in [9.17, 15) is 14.4 Å². The standard InChI is InChI=1S/C23H24N4O4/c1-3-17-14-20(28)27-21(24-17)16-10-7-11-18(13-16)25-22(29)19(26-23(30)31-2)12-15-8-5-4-6-9-15/h4-11,13-14,19H,3,12H2,1-2H3,(H,25,29)(H,26,30)(H,24,27,28). The van der Waals surface area contributed by atoms with Crippen LogP contribution in [0, 0.1) is 0 Å². The number of methoxy groups -OCH3 is 1. The van der Waals surface area contributed by atoms with Crippen LogP contribution in [-0.4, -0.2) is 35.1 Å². The quantitative estimate of drug-likeness (QED) is 0.544. The summed E-state index contributed by atoms with van der Waals surface area (Å²) < 4.78 is 4.66. The van der Waals surface area contributed by atoms with Crippen molar-refractivity contribution < 1.29 is 14.3 Å². The number of alkyl carbamates (subject to hydrolysis) is 1. The van der Waals surface area contributed by atoms with Crippen LogP contribution in [0.5, 0.6) is 0 Å². The van der Waals surface area contributed by atoms with Crippen LogP contribution < -0.4 is 16.2 Å². The molecule has 31 heavy (non-hydrogen) atoms. The lowest BCUT2D eigenvalue weighted by molar-refractivity contribution is -0.118. The van der Waals surface area contributed by atoms with Crippen LogP contribution in [0.1, 0.15) is 18.2 Å². The van der Waals surface area contributed by atoms with Crippen molar-refractivity contribution in [2.24, 2.45) is 0 Å². The lowest BCUT2D eigenvalue weighted by atomic mass is 10.1. The first kappa shape index (κ1) is 21.8. The van der Waals surface area contributed by atoms with E-state index in [0.717, 1.165) is 5.56 Å². The summed E-state index contributed by atoms with van der Waals surface area (Å²) in [5.74, 6) is 0.0316. The molecule has 2 aromatic carbocycles. The first-order valence-corrected chi connectivity index (χ1v) is 9.88. The molecule has 3 N–H and O–H groups in total. The fourth-order valence-electron chi connectivity index (χ4n) is 3.06. The minimum atomic E-state index is -0.833. The Kier molecular flexibility index (Phi) is 7.16. The van der Waals surface area contributed by atoms with Gasteiger partial charge in [0.15, 0.2) is 0 Å². The average molecular weight is 420 g/mol. The Morgan fingerprint density at radius 3 is 2.58 bits per heavy atom. The van der Waals surface area contributed by atoms with E-state index in [1.165, 1.54) is 13.2 Å². The number of aromatic nitrogens is 2. The van der Waals surface area contributed by atoms with E-state index in [0.29, 0.717) is 35.6 Å². The fraction of sp³-hybridized carbons (Fsp3) is 0.217. The van der Waals surface area contributed by atoms with E-state index in [1.54, 1.807) is 24.3 Å². The topological polar surface area (TPSA) is 113 Å². The van der Waals surface area contributed by atoms with Crippen molar-refractivity contribution in [2.75, 3.05) is 12.4 Å². The van der Waals surface area contributed by atoms with E-state index in [1.807, 2.05) is 37.3 Å². The molecule has 1 unspecified atom stereocenters. The number of amides is 2. The smallest absolute Gasteiger partial charge is 0.407 e. The van der Waals surface area contributed by atoms with E-state index in [4.69, 9.17) is 0 Å². The molecule has 3 aromatic rings. The number of aromatic amines is 1. The highest BCUT2D eigenvalue weighted by Gasteiger charge is 2.22. The van der Waals surface area contributed by atoms with Crippen LogP contribution >= 0.6 is 0 Å². The minimum absolute atomic E-state index is 0.235. The molecule has 160 valence electrons. The molecule has 0 spiro atoms. The number of ether oxygens (including phenoxy) is 1.